The van der Waals surface area contributed by atoms with Crippen LogP contribution in [0.2, 0.25) is 16.8 Å². The molecule has 5 unspecified atom stereocenters. The van der Waals surface area contributed by atoms with E-state index < -0.39 is 17.2 Å². The molecule has 148 valence electrons. The second kappa shape index (κ2) is 7.69. The number of nitrogens with one attached hydrogen (secondary N) is 2. The number of carbonyl (C=O) groups is 1. The first-order chi connectivity index (χ1) is 12.7. The van der Waals surface area contributed by atoms with Gasteiger partial charge < -0.3 is 21.5 Å². The molecule has 1 fully saturated rings. The van der Waals surface area contributed by atoms with Crippen molar-refractivity contribution in [3.63, 3.8) is 0 Å². The molecule has 7 nitrogen and oxygen atoms in total. The maximum atomic E-state index is 12.1. The van der Waals surface area contributed by atoms with E-state index in [1.807, 2.05) is 20.8 Å². The summed E-state index contributed by atoms with van der Waals surface area (Å²) >= 11 is 0. The van der Waals surface area contributed by atoms with Gasteiger partial charge in [-0.2, -0.15) is 4.98 Å². The summed E-state index contributed by atoms with van der Waals surface area (Å²) in [7, 11) is 10.2. The number of rotatable bonds is 4. The number of amides is 1. The van der Waals surface area contributed by atoms with Gasteiger partial charge in [-0.15, -0.1) is 0 Å². The Balaban J connectivity index is 2.52. The minimum Gasteiger partial charge on any atom is -0.394 e. The maximum Gasteiger partial charge on any atom is 0.253 e. The molecule has 0 spiro atoms. The number of anilines is 2. The van der Waals surface area contributed by atoms with Crippen LogP contribution in [0.4, 0.5) is 11.8 Å². The molecule has 1 heterocycles. The zero-order valence-corrected chi connectivity index (χ0v) is 18.7. The smallest absolute Gasteiger partial charge is 0.253 e. The average molecular weight is 381 g/mol. The summed E-state index contributed by atoms with van der Waals surface area (Å²) in [6, 6.07) is -0.0800. The van der Waals surface area contributed by atoms with Crippen LogP contribution in [-0.4, -0.2) is 77.9 Å². The fourth-order valence-corrected chi connectivity index (χ4v) is 4.44. The monoisotopic (exact) mass is 381 g/mol. The van der Waals surface area contributed by atoms with Crippen molar-refractivity contribution in [2.75, 3.05) is 10.6 Å². The number of nitrogens with two attached hydrogens (primary N) is 1. The molecule has 1 aromatic rings. The number of aliphatic hydroxyl groups is 1. The summed E-state index contributed by atoms with van der Waals surface area (Å²) in [5, 5.41) is 17.2. The summed E-state index contributed by atoms with van der Waals surface area (Å²) in [6.45, 7) is 8.16. The molecule has 1 aliphatic rings. The highest BCUT2D eigenvalue weighted by molar-refractivity contribution is 6.42. The first-order valence-electron chi connectivity index (χ1n) is 10.1. The van der Waals surface area contributed by atoms with Crippen LogP contribution < -0.4 is 22.0 Å². The Bertz CT molecular complexity index is 758. The van der Waals surface area contributed by atoms with Crippen LogP contribution in [0.3, 0.4) is 0 Å². The molecule has 12 heteroatoms. The van der Waals surface area contributed by atoms with Crippen LogP contribution >= 0.6 is 0 Å². The minimum atomic E-state index is -0.564. The number of aromatic nitrogens is 2. The number of carbonyl (C=O) groups excluding carboxylic acids is 1. The van der Waals surface area contributed by atoms with Gasteiger partial charge in [0.15, 0.2) is 7.85 Å². The van der Waals surface area contributed by atoms with Crippen LogP contribution in [0.5, 0.6) is 0 Å². The van der Waals surface area contributed by atoms with Crippen LogP contribution in [0.15, 0.2) is 0 Å². The lowest BCUT2D eigenvalue weighted by Crippen LogP contribution is -2.55. The minimum absolute atomic E-state index is 0.0800. The number of hydrogen-bond acceptors (Lipinski definition) is 6. The Kier molecular flexibility index (Phi) is 6.24. The van der Waals surface area contributed by atoms with Gasteiger partial charge in [0.05, 0.1) is 5.56 Å². The second-order valence-corrected chi connectivity index (χ2v) is 10.1. The molecule has 0 bridgehead atoms. The van der Waals surface area contributed by atoms with Crippen molar-refractivity contribution in [1.29, 1.82) is 0 Å². The SMILES string of the molecule is Bc1nc(NC(C)(C)C)nc(NC2C(B)C(B)C(C)C(O)C2(B)B)c1C(N)=O. The van der Waals surface area contributed by atoms with Crippen molar-refractivity contribution in [2.24, 2.45) is 11.7 Å². The van der Waals surface area contributed by atoms with Crippen molar-refractivity contribution in [2.45, 2.75) is 62.2 Å². The summed E-state index contributed by atoms with van der Waals surface area (Å²) < 4.78 is 0. The predicted octanol–water partition coefficient (Wildman–Crippen LogP) is -3.94. The maximum absolute atomic E-state index is 12.1. The van der Waals surface area contributed by atoms with Gasteiger partial charge in [0.2, 0.25) is 5.95 Å². The van der Waals surface area contributed by atoms with Crippen LogP contribution in [0.25, 0.3) is 0 Å². The number of primary amides is 1. The lowest BCUT2D eigenvalue weighted by Gasteiger charge is -2.53. The number of aliphatic hydroxyl groups excluding tert-OH is 1. The molecule has 0 saturated heterocycles. The highest BCUT2D eigenvalue weighted by atomic mass is 16.3. The average Bonchev–Trinajstić information content (AvgIpc) is 2.53. The molecule has 0 radical (unpaired) electrons. The van der Waals surface area contributed by atoms with Crippen LogP contribution in [0.1, 0.15) is 38.1 Å². The van der Waals surface area contributed by atoms with E-state index >= 15 is 0 Å². The zero-order valence-electron chi connectivity index (χ0n) is 18.7. The summed E-state index contributed by atoms with van der Waals surface area (Å²) in [4.78, 5) is 21.1. The molecule has 0 aliphatic heterocycles. The normalized spacial score (nSPS) is 29.8. The highest BCUT2D eigenvalue weighted by Crippen LogP contribution is 2.51. The first-order valence-corrected chi connectivity index (χ1v) is 10.1. The van der Waals surface area contributed by atoms with Crippen molar-refractivity contribution >= 4 is 62.5 Å². The van der Waals surface area contributed by atoms with Crippen molar-refractivity contribution < 1.29 is 9.90 Å². The molecular weight excluding hydrogens is 348 g/mol. The Morgan fingerprint density at radius 2 is 1.79 bits per heavy atom. The van der Waals surface area contributed by atoms with Gasteiger partial charge in [-0.25, -0.2) is 4.98 Å². The molecule has 1 aromatic heterocycles. The Morgan fingerprint density at radius 1 is 1.21 bits per heavy atom. The van der Waals surface area contributed by atoms with Crippen LogP contribution in [-0.2, 0) is 0 Å². The molecule has 5 N–H and O–H groups in total. The molecule has 1 aliphatic carbocycles. The topological polar surface area (TPSA) is 113 Å². The molecular formula is C16H32B5N5O2. The second-order valence-electron chi connectivity index (χ2n) is 10.1. The molecule has 5 atom stereocenters. The van der Waals surface area contributed by atoms with Crippen molar-refractivity contribution in [1.82, 2.24) is 9.97 Å². The van der Waals surface area contributed by atoms with E-state index in [9.17, 15) is 9.90 Å². The van der Waals surface area contributed by atoms with E-state index in [0.717, 1.165) is 0 Å². The van der Waals surface area contributed by atoms with Gasteiger partial charge in [0.25, 0.3) is 5.91 Å². The quantitative estimate of drug-likeness (QED) is 0.397. The van der Waals surface area contributed by atoms with Crippen molar-refractivity contribution in [3.05, 3.63) is 5.56 Å². The van der Waals surface area contributed by atoms with E-state index in [-0.39, 0.29) is 23.3 Å². The third kappa shape index (κ3) is 4.37. The van der Waals surface area contributed by atoms with Gasteiger partial charge in [0.1, 0.15) is 37.2 Å². The molecule has 2 rings (SSSR count). The van der Waals surface area contributed by atoms with Gasteiger partial charge in [-0.05, 0) is 31.9 Å². The van der Waals surface area contributed by atoms with Gasteiger partial charge >= 0.3 is 0 Å². The lowest BCUT2D eigenvalue weighted by molar-refractivity contribution is 0.0613. The molecule has 28 heavy (non-hydrogen) atoms. The van der Waals surface area contributed by atoms with Crippen molar-refractivity contribution in [3.8, 4) is 0 Å². The lowest BCUT2D eigenvalue weighted by atomic mass is 9.35. The van der Waals surface area contributed by atoms with E-state index in [1.54, 1.807) is 7.85 Å². The van der Waals surface area contributed by atoms with Gasteiger partial charge in [-0.3, -0.25) is 4.79 Å². The largest absolute Gasteiger partial charge is 0.394 e. The summed E-state index contributed by atoms with van der Waals surface area (Å²) in [6.07, 6.45) is -0.469. The highest BCUT2D eigenvalue weighted by Gasteiger charge is 2.49. The predicted molar refractivity (Wildman–Crippen MR) is 129 cm³/mol. The Morgan fingerprint density at radius 3 is 2.29 bits per heavy atom. The van der Waals surface area contributed by atoms with Gasteiger partial charge in [-0.1, -0.05) is 18.6 Å². The molecule has 0 aromatic carbocycles. The Labute approximate surface area is 172 Å². The van der Waals surface area contributed by atoms with E-state index in [1.165, 1.54) is 0 Å². The van der Waals surface area contributed by atoms with E-state index in [0.29, 0.717) is 28.7 Å². The molecule has 1 amide bonds. The fourth-order valence-electron chi connectivity index (χ4n) is 4.44. The van der Waals surface area contributed by atoms with Crippen LogP contribution in [0, 0.1) is 5.92 Å². The number of nitrogens with zero attached hydrogens (tertiary/aromatic N) is 2. The van der Waals surface area contributed by atoms with Gasteiger partial charge in [0, 0.05) is 23.3 Å². The standard InChI is InChI=1S/C16H32B5N5O2/c1-5-7(17)8(18)9(16(20,21)10(5)27)23-13-6(12(22)28)11(19)24-14(25-13)26-15(2,3)4/h5,7-10,27H,17-21H2,1-4H3,(H2,22,28)(H2,23,24,25,26). The Hall–Kier alpha value is -1.57. The summed E-state index contributed by atoms with van der Waals surface area (Å²) in [5.74, 6) is 1.07. The van der Waals surface area contributed by atoms with E-state index in [2.05, 4.69) is 58.9 Å². The zero-order chi connectivity index (χ0) is 21.6. The fraction of sp³-hybridized carbons (Fsp3) is 0.688. The third-order valence-corrected chi connectivity index (χ3v) is 6.36. The first kappa shape index (κ1) is 22.7. The molecule has 1 saturated carbocycles. The third-order valence-electron chi connectivity index (χ3n) is 6.36. The van der Waals surface area contributed by atoms with E-state index in [4.69, 9.17) is 5.73 Å². The summed E-state index contributed by atoms with van der Waals surface area (Å²) in [5.41, 5.74) is 6.24. The number of hydrogen-bond donors (Lipinski definition) is 4.